The minimum atomic E-state index is -1.39. The number of halogens is 2. The Balaban J connectivity index is 2.13. The molecule has 0 saturated heterocycles. The van der Waals surface area contributed by atoms with Crippen molar-refractivity contribution in [2.75, 3.05) is 6.54 Å². The van der Waals surface area contributed by atoms with Crippen LogP contribution >= 0.6 is 23.2 Å². The fraction of sp³-hybridized carbons (Fsp3) is 0.250. The Kier molecular flexibility index (Phi) is 6.89. The summed E-state index contributed by atoms with van der Waals surface area (Å²) in [5.74, 6) is -0.269. The molecular formula is C20H21Cl2NO. The Morgan fingerprint density at radius 3 is 2.21 bits per heavy atom. The van der Waals surface area contributed by atoms with Crippen LogP contribution in [0, 0.1) is 0 Å². The van der Waals surface area contributed by atoms with Gasteiger partial charge in [-0.25, -0.2) is 0 Å². The number of carbonyl (C=O) groups is 1. The van der Waals surface area contributed by atoms with Crippen molar-refractivity contribution in [2.24, 2.45) is 0 Å². The van der Waals surface area contributed by atoms with Crippen LogP contribution in [-0.2, 0) is 11.3 Å². The van der Waals surface area contributed by atoms with Crippen LogP contribution in [0.5, 0.6) is 0 Å². The SMILES string of the molecule is CCC(Cl)(Cl)C(=O)N(C/C=C/c1ccccc1)Cc1ccccc1. The first-order valence-corrected chi connectivity index (χ1v) is 8.71. The van der Waals surface area contributed by atoms with Crippen molar-refractivity contribution in [3.63, 3.8) is 0 Å². The summed E-state index contributed by atoms with van der Waals surface area (Å²) < 4.78 is -1.39. The second-order valence-electron chi connectivity index (χ2n) is 5.54. The number of rotatable bonds is 7. The minimum Gasteiger partial charge on any atom is -0.332 e. The van der Waals surface area contributed by atoms with Gasteiger partial charge in [-0.05, 0) is 17.5 Å². The molecule has 0 aliphatic carbocycles. The fourth-order valence-corrected chi connectivity index (χ4v) is 2.52. The molecule has 2 aromatic carbocycles. The van der Waals surface area contributed by atoms with E-state index in [2.05, 4.69) is 0 Å². The van der Waals surface area contributed by atoms with Gasteiger partial charge in [0.1, 0.15) is 0 Å². The lowest BCUT2D eigenvalue weighted by atomic mass is 10.2. The van der Waals surface area contributed by atoms with Crippen LogP contribution in [0.4, 0.5) is 0 Å². The quantitative estimate of drug-likeness (QED) is 0.611. The normalized spacial score (nSPS) is 11.6. The molecule has 0 radical (unpaired) electrons. The Morgan fingerprint density at radius 1 is 1.04 bits per heavy atom. The predicted molar refractivity (Wildman–Crippen MR) is 102 cm³/mol. The van der Waals surface area contributed by atoms with E-state index in [1.165, 1.54) is 0 Å². The van der Waals surface area contributed by atoms with Crippen molar-refractivity contribution in [1.29, 1.82) is 0 Å². The average Bonchev–Trinajstić information content (AvgIpc) is 2.62. The van der Waals surface area contributed by atoms with Crippen LogP contribution in [-0.4, -0.2) is 21.7 Å². The molecule has 4 heteroatoms. The fourth-order valence-electron chi connectivity index (χ4n) is 2.29. The second kappa shape index (κ2) is 8.91. The summed E-state index contributed by atoms with van der Waals surface area (Å²) in [6.07, 6.45) is 4.31. The van der Waals surface area contributed by atoms with Crippen LogP contribution in [0.1, 0.15) is 24.5 Å². The molecule has 1 amide bonds. The number of hydrogen-bond donors (Lipinski definition) is 0. The molecule has 24 heavy (non-hydrogen) atoms. The predicted octanol–water partition coefficient (Wildman–Crippen LogP) is 5.31. The topological polar surface area (TPSA) is 20.3 Å². The number of hydrogen-bond acceptors (Lipinski definition) is 1. The van der Waals surface area contributed by atoms with Crippen molar-refractivity contribution < 1.29 is 4.79 Å². The van der Waals surface area contributed by atoms with Crippen LogP contribution < -0.4 is 0 Å². The number of alkyl halides is 2. The van der Waals surface area contributed by atoms with E-state index in [0.29, 0.717) is 19.5 Å². The van der Waals surface area contributed by atoms with Gasteiger partial charge in [0.05, 0.1) is 0 Å². The van der Waals surface area contributed by atoms with Crippen molar-refractivity contribution in [3.8, 4) is 0 Å². The Bertz CT molecular complexity index is 669. The van der Waals surface area contributed by atoms with Gasteiger partial charge < -0.3 is 4.90 Å². The molecule has 0 aliphatic heterocycles. The molecule has 0 unspecified atom stereocenters. The number of nitrogens with zero attached hydrogens (tertiary/aromatic N) is 1. The highest BCUT2D eigenvalue weighted by Gasteiger charge is 2.35. The van der Waals surface area contributed by atoms with Crippen LogP contribution in [0.15, 0.2) is 66.7 Å². The lowest BCUT2D eigenvalue weighted by molar-refractivity contribution is -0.132. The summed E-state index contributed by atoms with van der Waals surface area (Å²) in [5.41, 5.74) is 2.13. The van der Waals surface area contributed by atoms with E-state index in [9.17, 15) is 4.79 Å². The van der Waals surface area contributed by atoms with Crippen molar-refractivity contribution in [2.45, 2.75) is 24.2 Å². The zero-order chi connectivity index (χ0) is 17.4. The highest BCUT2D eigenvalue weighted by Crippen LogP contribution is 2.28. The molecule has 0 atom stereocenters. The van der Waals surface area contributed by atoms with Gasteiger partial charge in [0.25, 0.3) is 5.91 Å². The maximum Gasteiger partial charge on any atom is 0.259 e. The zero-order valence-electron chi connectivity index (χ0n) is 13.7. The Morgan fingerprint density at radius 2 is 1.62 bits per heavy atom. The van der Waals surface area contributed by atoms with Gasteiger partial charge in [0.15, 0.2) is 4.33 Å². The third-order valence-electron chi connectivity index (χ3n) is 3.70. The molecule has 2 nitrogen and oxygen atoms in total. The first-order valence-electron chi connectivity index (χ1n) is 7.95. The molecule has 0 fully saturated rings. The third kappa shape index (κ3) is 5.40. The molecule has 0 N–H and O–H groups in total. The maximum absolute atomic E-state index is 12.7. The molecule has 0 spiro atoms. The van der Waals surface area contributed by atoms with E-state index in [1.54, 1.807) is 11.8 Å². The molecule has 126 valence electrons. The standard InChI is InChI=1S/C20H21Cl2NO/c1-2-20(21,22)19(24)23(16-18-12-7-4-8-13-18)15-9-14-17-10-5-3-6-11-17/h3-14H,2,15-16H2,1H3/b14-9+. The molecule has 0 heterocycles. The van der Waals surface area contributed by atoms with E-state index >= 15 is 0 Å². The average molecular weight is 362 g/mol. The molecule has 0 aliphatic rings. The van der Waals surface area contributed by atoms with Gasteiger partial charge in [-0.15, -0.1) is 0 Å². The van der Waals surface area contributed by atoms with Crippen LogP contribution in [0.2, 0.25) is 0 Å². The largest absolute Gasteiger partial charge is 0.332 e. The van der Waals surface area contributed by atoms with Crippen LogP contribution in [0.25, 0.3) is 6.08 Å². The van der Waals surface area contributed by atoms with Crippen molar-refractivity contribution >= 4 is 35.2 Å². The molecule has 2 rings (SSSR count). The molecule has 0 saturated carbocycles. The smallest absolute Gasteiger partial charge is 0.259 e. The molecule has 0 bridgehead atoms. The van der Waals surface area contributed by atoms with Gasteiger partial charge in [0, 0.05) is 13.1 Å². The second-order valence-corrected chi connectivity index (χ2v) is 7.03. The first-order chi connectivity index (χ1) is 11.5. The molecule has 0 aromatic heterocycles. The third-order valence-corrected chi connectivity index (χ3v) is 4.55. The maximum atomic E-state index is 12.7. The van der Waals surface area contributed by atoms with E-state index in [0.717, 1.165) is 11.1 Å². The highest BCUT2D eigenvalue weighted by atomic mass is 35.5. The monoisotopic (exact) mass is 361 g/mol. The number of amides is 1. The summed E-state index contributed by atoms with van der Waals surface area (Å²) in [6.45, 7) is 2.72. The number of carbonyl (C=O) groups excluding carboxylic acids is 1. The lowest BCUT2D eigenvalue weighted by Gasteiger charge is -2.27. The van der Waals surface area contributed by atoms with E-state index in [1.807, 2.05) is 72.8 Å². The van der Waals surface area contributed by atoms with Gasteiger partial charge in [-0.1, -0.05) is 103 Å². The Labute approximate surface area is 153 Å². The summed E-state index contributed by atoms with van der Waals surface area (Å²) in [7, 11) is 0. The zero-order valence-corrected chi connectivity index (χ0v) is 15.2. The first kappa shape index (κ1) is 18.6. The molecular weight excluding hydrogens is 341 g/mol. The van der Waals surface area contributed by atoms with Gasteiger partial charge >= 0.3 is 0 Å². The lowest BCUT2D eigenvalue weighted by Crippen LogP contribution is -2.41. The Hall–Kier alpha value is -1.77. The van der Waals surface area contributed by atoms with E-state index in [-0.39, 0.29) is 5.91 Å². The van der Waals surface area contributed by atoms with Crippen molar-refractivity contribution in [1.82, 2.24) is 4.90 Å². The number of benzene rings is 2. The minimum absolute atomic E-state index is 0.269. The molecule has 2 aromatic rings. The van der Waals surface area contributed by atoms with Gasteiger partial charge in [0.2, 0.25) is 0 Å². The van der Waals surface area contributed by atoms with Crippen LogP contribution in [0.3, 0.4) is 0 Å². The summed E-state index contributed by atoms with van der Waals surface area (Å²) in [4.78, 5) is 14.3. The van der Waals surface area contributed by atoms with E-state index < -0.39 is 4.33 Å². The summed E-state index contributed by atoms with van der Waals surface area (Å²) >= 11 is 12.4. The highest BCUT2D eigenvalue weighted by molar-refractivity contribution is 6.58. The van der Waals surface area contributed by atoms with Gasteiger partial charge in [-0.3, -0.25) is 4.79 Å². The summed E-state index contributed by atoms with van der Waals surface area (Å²) in [6, 6.07) is 19.8. The van der Waals surface area contributed by atoms with Gasteiger partial charge in [-0.2, -0.15) is 0 Å². The van der Waals surface area contributed by atoms with Crippen molar-refractivity contribution in [3.05, 3.63) is 77.9 Å². The summed E-state index contributed by atoms with van der Waals surface area (Å²) in [5, 5.41) is 0. The van der Waals surface area contributed by atoms with E-state index in [4.69, 9.17) is 23.2 Å².